The van der Waals surface area contributed by atoms with E-state index in [1.165, 1.54) is 29.0 Å². The molecule has 3 aromatic carbocycles. The highest BCUT2D eigenvalue weighted by molar-refractivity contribution is 5.92. The third-order valence-electron chi connectivity index (χ3n) is 7.19. The van der Waals surface area contributed by atoms with Gasteiger partial charge in [0.15, 0.2) is 0 Å². The number of aromatic nitrogens is 1. The van der Waals surface area contributed by atoms with Crippen LogP contribution in [0.2, 0.25) is 0 Å². The van der Waals surface area contributed by atoms with Crippen LogP contribution in [0.4, 0.5) is 36.8 Å². The molecular formula is C32H32F6N4O3. The van der Waals surface area contributed by atoms with Gasteiger partial charge in [-0.05, 0) is 66.4 Å². The monoisotopic (exact) mass is 634 g/mol. The minimum atomic E-state index is -4.54. The molecule has 7 nitrogen and oxygen atoms in total. The van der Waals surface area contributed by atoms with Crippen LogP contribution in [0.5, 0.6) is 0 Å². The molecule has 0 saturated heterocycles. The zero-order chi connectivity index (χ0) is 32.6. The van der Waals surface area contributed by atoms with Gasteiger partial charge in [0.1, 0.15) is 6.54 Å². The summed E-state index contributed by atoms with van der Waals surface area (Å²) in [4.78, 5) is 32.8. The van der Waals surface area contributed by atoms with Crippen molar-refractivity contribution in [1.29, 1.82) is 0 Å². The Labute approximate surface area is 255 Å². The van der Waals surface area contributed by atoms with Crippen LogP contribution < -0.4 is 5.32 Å². The van der Waals surface area contributed by atoms with E-state index in [4.69, 9.17) is 4.74 Å². The maximum atomic E-state index is 13.7. The number of amides is 3. The van der Waals surface area contributed by atoms with Crippen LogP contribution in [0, 0.1) is 0 Å². The molecule has 0 fully saturated rings. The number of alkyl halides is 6. The van der Waals surface area contributed by atoms with Crippen molar-refractivity contribution in [3.63, 3.8) is 0 Å². The Kier molecular flexibility index (Phi) is 10.8. The van der Waals surface area contributed by atoms with Gasteiger partial charge in [-0.3, -0.25) is 4.79 Å². The van der Waals surface area contributed by atoms with Crippen molar-refractivity contribution in [3.8, 4) is 0 Å². The van der Waals surface area contributed by atoms with E-state index in [1.807, 2.05) is 30.5 Å². The summed E-state index contributed by atoms with van der Waals surface area (Å²) in [5.74, 6) is -0.463. The molecule has 0 bridgehead atoms. The van der Waals surface area contributed by atoms with Gasteiger partial charge in [0.25, 0.3) is 0 Å². The molecule has 0 radical (unpaired) electrons. The van der Waals surface area contributed by atoms with Gasteiger partial charge in [-0.1, -0.05) is 30.3 Å². The number of methoxy groups -OCH3 is 1. The zero-order valence-corrected chi connectivity index (χ0v) is 24.3. The maximum absolute atomic E-state index is 13.7. The van der Waals surface area contributed by atoms with E-state index in [1.54, 1.807) is 0 Å². The van der Waals surface area contributed by atoms with Gasteiger partial charge in [0, 0.05) is 56.1 Å². The predicted molar refractivity (Wildman–Crippen MR) is 157 cm³/mol. The van der Waals surface area contributed by atoms with Crippen LogP contribution >= 0.6 is 0 Å². The molecule has 1 aromatic heterocycles. The van der Waals surface area contributed by atoms with Crippen molar-refractivity contribution in [2.45, 2.75) is 31.7 Å². The average molecular weight is 635 g/mol. The number of carbonyl (C=O) groups is 2. The highest BCUT2D eigenvalue weighted by Crippen LogP contribution is 2.30. The molecule has 0 aliphatic rings. The highest BCUT2D eigenvalue weighted by atomic mass is 19.4. The molecule has 0 aliphatic heterocycles. The van der Waals surface area contributed by atoms with Crippen LogP contribution in [0.25, 0.3) is 10.9 Å². The number of hydrogen-bond acceptors (Lipinski definition) is 3. The number of anilines is 1. The van der Waals surface area contributed by atoms with Crippen LogP contribution in [-0.4, -0.2) is 60.1 Å². The Morgan fingerprint density at radius 2 is 1.44 bits per heavy atom. The number of urea groups is 1. The number of aromatic amines is 1. The molecule has 3 amide bonds. The molecule has 4 rings (SSSR count). The lowest BCUT2D eigenvalue weighted by Gasteiger charge is -2.28. The topological polar surface area (TPSA) is 77.7 Å². The number of carbonyl (C=O) groups excluding carboxylic acids is 2. The normalized spacial score (nSPS) is 11.9. The van der Waals surface area contributed by atoms with Crippen molar-refractivity contribution in [2.75, 3.05) is 38.7 Å². The molecule has 13 heteroatoms. The number of fused-ring (bicyclic) bond motifs is 1. The summed E-state index contributed by atoms with van der Waals surface area (Å²) < 4.78 is 83.3. The third-order valence-corrected chi connectivity index (χ3v) is 7.19. The number of hydrogen-bond donors (Lipinski definition) is 2. The molecule has 0 spiro atoms. The summed E-state index contributed by atoms with van der Waals surface area (Å²) in [6.45, 7) is 0.196. The van der Waals surface area contributed by atoms with Gasteiger partial charge in [-0.15, -0.1) is 0 Å². The number of nitrogens with zero attached hydrogens (tertiary/aromatic N) is 2. The summed E-state index contributed by atoms with van der Waals surface area (Å²) in [6.07, 6.45) is -6.41. The molecular weight excluding hydrogens is 602 g/mol. The van der Waals surface area contributed by atoms with E-state index in [0.29, 0.717) is 18.4 Å². The van der Waals surface area contributed by atoms with E-state index in [0.717, 1.165) is 52.9 Å². The molecule has 0 saturated carbocycles. The summed E-state index contributed by atoms with van der Waals surface area (Å²) >= 11 is 0. The Hall–Kier alpha value is -4.52. The van der Waals surface area contributed by atoms with Crippen molar-refractivity contribution < 1.29 is 40.7 Å². The SMILES string of the molecule is COCCCN(CC(=O)N(CCc1c[nH]c2ccccc12)Cc1ccc(C(F)(F)F)cc1)C(=O)Nc1ccc(C(F)(F)F)cc1. The molecule has 45 heavy (non-hydrogen) atoms. The highest BCUT2D eigenvalue weighted by Gasteiger charge is 2.31. The number of halogens is 6. The van der Waals surface area contributed by atoms with E-state index < -0.39 is 35.4 Å². The first-order valence-corrected chi connectivity index (χ1v) is 14.1. The lowest BCUT2D eigenvalue weighted by atomic mass is 10.1. The van der Waals surface area contributed by atoms with E-state index in [-0.39, 0.29) is 38.5 Å². The number of nitrogens with one attached hydrogen (secondary N) is 2. The maximum Gasteiger partial charge on any atom is 0.416 e. The van der Waals surface area contributed by atoms with Gasteiger partial charge in [-0.25, -0.2) is 4.79 Å². The lowest BCUT2D eigenvalue weighted by Crippen LogP contribution is -2.45. The molecule has 0 atom stereocenters. The summed E-state index contributed by atoms with van der Waals surface area (Å²) in [6, 6.07) is 15.4. The number of H-pyrrole nitrogens is 1. The fourth-order valence-corrected chi connectivity index (χ4v) is 4.77. The summed E-state index contributed by atoms with van der Waals surface area (Å²) in [5, 5.41) is 3.50. The van der Waals surface area contributed by atoms with E-state index >= 15 is 0 Å². The summed E-state index contributed by atoms with van der Waals surface area (Å²) in [5.41, 5.74) is 0.743. The summed E-state index contributed by atoms with van der Waals surface area (Å²) in [7, 11) is 1.48. The number of ether oxygens (including phenoxy) is 1. The largest absolute Gasteiger partial charge is 0.416 e. The Morgan fingerprint density at radius 3 is 2.07 bits per heavy atom. The quantitative estimate of drug-likeness (QED) is 0.126. The molecule has 2 N–H and O–H groups in total. The Morgan fingerprint density at radius 1 is 0.822 bits per heavy atom. The molecule has 240 valence electrons. The van der Waals surface area contributed by atoms with Gasteiger partial charge < -0.3 is 24.8 Å². The van der Waals surface area contributed by atoms with Crippen LogP contribution in [0.3, 0.4) is 0 Å². The molecule has 0 unspecified atom stereocenters. The first kappa shape index (κ1) is 33.4. The van der Waals surface area contributed by atoms with Gasteiger partial charge in [0.05, 0.1) is 11.1 Å². The van der Waals surface area contributed by atoms with Crippen molar-refractivity contribution in [1.82, 2.24) is 14.8 Å². The van der Waals surface area contributed by atoms with E-state index in [9.17, 15) is 35.9 Å². The predicted octanol–water partition coefficient (Wildman–Crippen LogP) is 7.35. The molecule has 4 aromatic rings. The van der Waals surface area contributed by atoms with E-state index in [2.05, 4.69) is 10.3 Å². The lowest BCUT2D eigenvalue weighted by molar-refractivity contribution is -0.138. The third kappa shape index (κ3) is 9.24. The van der Waals surface area contributed by atoms with Crippen molar-refractivity contribution in [2.24, 2.45) is 0 Å². The minimum absolute atomic E-state index is 0.00817. The fraction of sp³-hybridized carbons (Fsp3) is 0.312. The number of benzene rings is 3. The second-order valence-electron chi connectivity index (χ2n) is 10.4. The second kappa shape index (κ2) is 14.5. The number of para-hydroxylation sites is 1. The Bertz CT molecular complexity index is 1570. The number of rotatable bonds is 12. The van der Waals surface area contributed by atoms with Gasteiger partial charge >= 0.3 is 18.4 Å². The van der Waals surface area contributed by atoms with Crippen LogP contribution in [-0.2, 0) is 34.8 Å². The smallest absolute Gasteiger partial charge is 0.385 e. The Balaban J connectivity index is 1.53. The minimum Gasteiger partial charge on any atom is -0.385 e. The molecule has 1 heterocycles. The van der Waals surface area contributed by atoms with Crippen LogP contribution in [0.15, 0.2) is 79.0 Å². The van der Waals surface area contributed by atoms with Crippen molar-refractivity contribution in [3.05, 3.63) is 101 Å². The zero-order valence-electron chi connectivity index (χ0n) is 24.3. The first-order valence-electron chi connectivity index (χ1n) is 14.1. The van der Waals surface area contributed by atoms with Crippen LogP contribution in [0.1, 0.15) is 28.7 Å². The van der Waals surface area contributed by atoms with Gasteiger partial charge in [-0.2, -0.15) is 26.3 Å². The van der Waals surface area contributed by atoms with Gasteiger partial charge in [0.2, 0.25) is 5.91 Å². The first-order chi connectivity index (χ1) is 21.3. The standard InChI is InChI=1S/C32H32F6N4O3/c1-45-18-4-16-42(30(44)40-26-13-11-25(12-14-26)32(36,37)38)21-29(43)41(20-22-7-9-24(10-8-22)31(33,34)35)17-15-23-19-39-28-6-3-2-5-27(23)28/h2-3,5-14,19,39H,4,15-18,20-21H2,1H3,(H,40,44). The second-order valence-corrected chi connectivity index (χ2v) is 10.4. The molecule has 0 aliphatic carbocycles. The fourth-order valence-electron chi connectivity index (χ4n) is 4.77. The average Bonchev–Trinajstić information content (AvgIpc) is 3.41. The van der Waals surface area contributed by atoms with Crippen molar-refractivity contribution >= 4 is 28.5 Å².